The number of pyridine rings is 1. The highest BCUT2D eigenvalue weighted by atomic mass is 32.1. The topological polar surface area (TPSA) is 113 Å². The lowest BCUT2D eigenvalue weighted by Crippen LogP contribution is -2.52. The maximum absolute atomic E-state index is 13.3. The Balaban J connectivity index is 1.06. The number of anilines is 1. The van der Waals surface area contributed by atoms with Gasteiger partial charge in [-0.2, -0.15) is 0 Å². The van der Waals surface area contributed by atoms with E-state index >= 15 is 0 Å². The second-order valence-corrected chi connectivity index (χ2v) is 12.9. The molecule has 3 amide bonds. The van der Waals surface area contributed by atoms with E-state index in [1.807, 2.05) is 48.0 Å². The first-order chi connectivity index (χ1) is 22.2. The van der Waals surface area contributed by atoms with E-state index in [2.05, 4.69) is 15.1 Å². The number of imide groups is 1. The van der Waals surface area contributed by atoms with Gasteiger partial charge in [0.15, 0.2) is 0 Å². The molecule has 11 nitrogen and oxygen atoms in total. The first kappa shape index (κ1) is 30.0. The normalized spacial score (nSPS) is 18.7. The maximum Gasteiger partial charge on any atom is 0.259 e. The van der Waals surface area contributed by atoms with Gasteiger partial charge in [0.05, 0.1) is 25.2 Å². The average molecular weight is 642 g/mol. The van der Waals surface area contributed by atoms with Gasteiger partial charge in [-0.15, -0.1) is 11.3 Å². The van der Waals surface area contributed by atoms with Crippen LogP contribution in [0.25, 0.3) is 21.2 Å². The van der Waals surface area contributed by atoms with Crippen molar-refractivity contribution < 1.29 is 23.9 Å². The molecule has 2 fully saturated rings. The third kappa shape index (κ3) is 5.21. The number of aryl methyl sites for hydroxylation is 1. The van der Waals surface area contributed by atoms with Crippen LogP contribution in [-0.2, 0) is 29.7 Å². The lowest BCUT2D eigenvalue weighted by molar-refractivity contribution is -0.136. The summed E-state index contributed by atoms with van der Waals surface area (Å²) in [5, 5.41) is 5.00. The molecule has 2 saturated heterocycles. The summed E-state index contributed by atoms with van der Waals surface area (Å²) in [6.07, 6.45) is 2.46. The number of hydrogen-bond acceptors (Lipinski definition) is 9. The van der Waals surface area contributed by atoms with Gasteiger partial charge >= 0.3 is 0 Å². The molecule has 0 spiro atoms. The summed E-state index contributed by atoms with van der Waals surface area (Å²) in [6, 6.07) is 11.3. The van der Waals surface area contributed by atoms with Crippen molar-refractivity contribution in [3.8, 4) is 22.6 Å². The van der Waals surface area contributed by atoms with Crippen LogP contribution in [0.5, 0.6) is 11.5 Å². The summed E-state index contributed by atoms with van der Waals surface area (Å²) in [7, 11) is 5.10. The fraction of sp³-hybridized carbons (Fsp3) is 0.353. The van der Waals surface area contributed by atoms with Crippen molar-refractivity contribution in [3.63, 3.8) is 0 Å². The number of rotatable bonds is 7. The van der Waals surface area contributed by atoms with Gasteiger partial charge in [0, 0.05) is 80.4 Å². The van der Waals surface area contributed by atoms with Gasteiger partial charge < -0.3 is 23.8 Å². The Labute approximate surface area is 269 Å². The third-order valence-corrected chi connectivity index (χ3v) is 10.3. The zero-order chi connectivity index (χ0) is 32.1. The third-order valence-electron chi connectivity index (χ3n) is 9.33. The van der Waals surface area contributed by atoms with Crippen molar-refractivity contribution in [2.24, 2.45) is 7.05 Å². The van der Waals surface area contributed by atoms with E-state index in [0.29, 0.717) is 30.5 Å². The first-order valence-electron chi connectivity index (χ1n) is 15.3. The number of piperidine rings is 1. The predicted molar refractivity (Wildman–Crippen MR) is 176 cm³/mol. The van der Waals surface area contributed by atoms with E-state index in [9.17, 15) is 19.2 Å². The fourth-order valence-electron chi connectivity index (χ4n) is 6.82. The molecule has 0 bridgehead atoms. The van der Waals surface area contributed by atoms with E-state index in [1.165, 1.54) is 0 Å². The zero-order valence-electron chi connectivity index (χ0n) is 26.0. The van der Waals surface area contributed by atoms with Crippen LogP contribution in [-0.4, -0.2) is 78.5 Å². The summed E-state index contributed by atoms with van der Waals surface area (Å²) < 4.78 is 14.3. The molecule has 0 saturated carbocycles. The Hall–Kier alpha value is -4.68. The van der Waals surface area contributed by atoms with Crippen LogP contribution in [0.2, 0.25) is 0 Å². The number of nitrogens with one attached hydrogen (secondary N) is 1. The van der Waals surface area contributed by atoms with E-state index in [0.717, 1.165) is 70.3 Å². The van der Waals surface area contributed by atoms with Gasteiger partial charge in [0.25, 0.3) is 11.5 Å². The van der Waals surface area contributed by atoms with Crippen LogP contribution in [0.3, 0.4) is 0 Å². The molecule has 3 aliphatic heterocycles. The van der Waals surface area contributed by atoms with Crippen molar-refractivity contribution in [3.05, 3.63) is 75.0 Å². The van der Waals surface area contributed by atoms with Crippen molar-refractivity contribution in [2.75, 3.05) is 45.3 Å². The average Bonchev–Trinajstić information content (AvgIpc) is 3.68. The number of nitrogens with zero attached hydrogens (tertiary/aromatic N) is 4. The molecule has 12 heteroatoms. The Morgan fingerprint density at radius 2 is 1.67 bits per heavy atom. The molecule has 2 aromatic heterocycles. The molecule has 2 aromatic carbocycles. The monoisotopic (exact) mass is 641 g/mol. The number of benzene rings is 2. The molecule has 0 aliphatic carbocycles. The van der Waals surface area contributed by atoms with Gasteiger partial charge in [-0.25, -0.2) is 0 Å². The largest absolute Gasteiger partial charge is 0.496 e. The van der Waals surface area contributed by atoms with Gasteiger partial charge in [-0.3, -0.25) is 29.4 Å². The highest BCUT2D eigenvalue weighted by Crippen LogP contribution is 2.39. The molecule has 1 atom stereocenters. The molecule has 1 unspecified atom stereocenters. The Kier molecular flexibility index (Phi) is 7.77. The van der Waals surface area contributed by atoms with Crippen LogP contribution in [0, 0.1) is 0 Å². The van der Waals surface area contributed by atoms with Crippen LogP contribution >= 0.6 is 11.3 Å². The Morgan fingerprint density at radius 1 is 0.935 bits per heavy atom. The number of carbonyl (C=O) groups excluding carboxylic acids is 3. The Bertz CT molecular complexity index is 1920. The number of methoxy groups -OCH3 is 2. The molecule has 7 rings (SSSR count). The van der Waals surface area contributed by atoms with Crippen LogP contribution in [0.4, 0.5) is 5.69 Å². The Morgan fingerprint density at radius 3 is 2.37 bits per heavy atom. The molecule has 0 radical (unpaired) electrons. The minimum atomic E-state index is -0.620. The summed E-state index contributed by atoms with van der Waals surface area (Å²) in [4.78, 5) is 56.2. The van der Waals surface area contributed by atoms with Crippen LogP contribution in [0.15, 0.2) is 52.8 Å². The summed E-state index contributed by atoms with van der Waals surface area (Å²) in [6.45, 7) is 4.18. The van der Waals surface area contributed by atoms with E-state index in [1.54, 1.807) is 42.1 Å². The van der Waals surface area contributed by atoms with Crippen molar-refractivity contribution in [1.29, 1.82) is 0 Å². The van der Waals surface area contributed by atoms with Gasteiger partial charge in [-0.1, -0.05) is 6.07 Å². The zero-order valence-corrected chi connectivity index (χ0v) is 26.8. The highest BCUT2D eigenvalue weighted by molar-refractivity contribution is 7.17. The number of amides is 3. The molecule has 1 N–H and O–H groups in total. The second-order valence-electron chi connectivity index (χ2n) is 12.0. The molecule has 46 heavy (non-hydrogen) atoms. The number of fused-ring (bicyclic) bond motifs is 2. The summed E-state index contributed by atoms with van der Waals surface area (Å²) in [5.41, 5.74) is 5.33. The molecule has 3 aliphatic rings. The minimum Gasteiger partial charge on any atom is -0.496 e. The molecule has 5 heterocycles. The molecule has 4 aromatic rings. The number of piperazine rings is 1. The first-order valence-corrected chi connectivity index (χ1v) is 16.2. The smallest absolute Gasteiger partial charge is 0.259 e. The standard InChI is InChI=1S/C34H35N5O6S/c1-36-18-25(31-23(33(36)42)8-13-46-31)21-14-28(44-2)26(29(15-21)45-3)19-37-9-11-38(12-10-37)22-5-4-20-17-39(34(43)24(20)16-22)27-6-7-30(40)35-32(27)41/h4-5,8,13-16,18,27H,6-7,9-12,17,19H2,1-3H3,(H,35,40,41). The molecule has 238 valence electrons. The maximum atomic E-state index is 13.3. The minimum absolute atomic E-state index is 0.0182. The quantitative estimate of drug-likeness (QED) is 0.306. The van der Waals surface area contributed by atoms with Gasteiger partial charge in [0.2, 0.25) is 11.8 Å². The number of ether oxygens (including phenoxy) is 2. The van der Waals surface area contributed by atoms with Crippen molar-refractivity contribution >= 4 is 44.8 Å². The van der Waals surface area contributed by atoms with Crippen LogP contribution < -0.4 is 25.2 Å². The van der Waals surface area contributed by atoms with E-state index in [4.69, 9.17) is 9.47 Å². The lowest BCUT2D eigenvalue weighted by atomic mass is 10.0. The predicted octanol–water partition coefficient (Wildman–Crippen LogP) is 3.37. The lowest BCUT2D eigenvalue weighted by Gasteiger charge is -2.36. The van der Waals surface area contributed by atoms with E-state index < -0.39 is 11.9 Å². The van der Waals surface area contributed by atoms with Crippen molar-refractivity contribution in [1.82, 2.24) is 19.7 Å². The van der Waals surface area contributed by atoms with E-state index in [-0.39, 0.29) is 23.8 Å². The van der Waals surface area contributed by atoms with Gasteiger partial charge in [0.1, 0.15) is 17.5 Å². The number of carbonyl (C=O) groups is 3. The molecular formula is C34H35N5O6S. The number of thiophene rings is 1. The summed E-state index contributed by atoms with van der Waals surface area (Å²) >= 11 is 1.55. The SMILES string of the molecule is COc1cc(-c2cn(C)c(=O)c3ccsc23)cc(OC)c1CN1CCN(c2ccc3c(c2)C(=O)N(C2CCC(=O)NC2=O)C3)CC1. The van der Waals surface area contributed by atoms with Crippen LogP contribution in [0.1, 0.15) is 34.3 Å². The second kappa shape index (κ2) is 11.9. The van der Waals surface area contributed by atoms with Crippen molar-refractivity contribution in [2.45, 2.75) is 32.0 Å². The summed E-state index contributed by atoms with van der Waals surface area (Å²) in [5.74, 6) is 0.608. The molecular weight excluding hydrogens is 606 g/mol. The fourth-order valence-corrected chi connectivity index (χ4v) is 7.74. The number of aromatic nitrogens is 1. The highest BCUT2D eigenvalue weighted by Gasteiger charge is 2.39. The van der Waals surface area contributed by atoms with Gasteiger partial charge in [-0.05, 0) is 53.3 Å². The number of hydrogen-bond donors (Lipinski definition) is 1.